The lowest BCUT2D eigenvalue weighted by molar-refractivity contribution is -0.114. The molecule has 0 saturated carbocycles. The molecule has 10 nitrogen and oxygen atoms in total. The first-order valence-electron chi connectivity index (χ1n) is 10.4. The first-order chi connectivity index (χ1) is 17.3. The molecular weight excluding hydrogens is 532 g/mol. The average Bonchev–Trinajstić information content (AvgIpc) is 2.84. The van der Waals surface area contributed by atoms with Crippen LogP contribution >= 0.6 is 0 Å². The number of halogens is 2. The van der Waals surface area contributed by atoms with Crippen molar-refractivity contribution in [2.24, 2.45) is 0 Å². The standard InChI is InChI=1S/C23H23F2N3O7S2/c1-34-17-7-11-21(22(13-17)35-2)27-37(32,33)18-8-4-15(5-9-18)26-23(29)14-28(36(3,30)31)16-6-10-19(24)20(25)12-16/h4-13,27H,14H2,1-3H3,(H,26,29). The first kappa shape index (κ1) is 27.7. The highest BCUT2D eigenvalue weighted by Gasteiger charge is 2.23. The normalized spacial score (nSPS) is 11.5. The summed E-state index contributed by atoms with van der Waals surface area (Å²) in [5.41, 5.74) is 0.113. The van der Waals surface area contributed by atoms with E-state index in [9.17, 15) is 30.4 Å². The number of rotatable bonds is 10. The molecular formula is C23H23F2N3O7S2. The van der Waals surface area contributed by atoms with Gasteiger partial charge in [-0.1, -0.05) is 0 Å². The van der Waals surface area contributed by atoms with E-state index in [1.165, 1.54) is 50.6 Å². The minimum Gasteiger partial charge on any atom is -0.497 e. The second kappa shape index (κ2) is 11.0. The third-order valence-corrected chi connectivity index (χ3v) is 7.50. The van der Waals surface area contributed by atoms with Crippen LogP contribution in [0, 0.1) is 11.6 Å². The Morgan fingerprint density at radius 3 is 2.14 bits per heavy atom. The van der Waals surface area contributed by atoms with Crippen LogP contribution in [0.2, 0.25) is 0 Å². The van der Waals surface area contributed by atoms with Crippen LogP contribution in [0.4, 0.5) is 25.8 Å². The number of anilines is 3. The SMILES string of the molecule is COc1ccc(NS(=O)(=O)c2ccc(NC(=O)CN(c3ccc(F)c(F)c3)S(C)(=O)=O)cc2)c(OC)c1. The second-order valence-corrected chi connectivity index (χ2v) is 11.2. The molecule has 2 N–H and O–H groups in total. The van der Waals surface area contributed by atoms with E-state index in [0.29, 0.717) is 16.1 Å². The van der Waals surface area contributed by atoms with E-state index in [1.54, 1.807) is 6.07 Å². The van der Waals surface area contributed by atoms with Gasteiger partial charge in [-0.25, -0.2) is 25.6 Å². The number of ether oxygens (including phenoxy) is 2. The summed E-state index contributed by atoms with van der Waals surface area (Å²) in [5, 5.41) is 2.44. The van der Waals surface area contributed by atoms with Crippen molar-refractivity contribution >= 4 is 43.0 Å². The molecule has 3 aromatic carbocycles. The maximum atomic E-state index is 13.6. The molecule has 0 aliphatic carbocycles. The van der Waals surface area contributed by atoms with Crippen molar-refractivity contribution in [1.29, 1.82) is 0 Å². The lowest BCUT2D eigenvalue weighted by Gasteiger charge is -2.22. The molecule has 198 valence electrons. The number of carbonyl (C=O) groups excluding carboxylic acids is 1. The van der Waals surface area contributed by atoms with Gasteiger partial charge in [-0.3, -0.25) is 13.8 Å². The van der Waals surface area contributed by atoms with Crippen LogP contribution in [0.3, 0.4) is 0 Å². The number of benzene rings is 3. The lowest BCUT2D eigenvalue weighted by atomic mass is 10.3. The number of hydrogen-bond donors (Lipinski definition) is 2. The number of amides is 1. The fourth-order valence-electron chi connectivity index (χ4n) is 3.18. The highest BCUT2D eigenvalue weighted by Crippen LogP contribution is 2.31. The van der Waals surface area contributed by atoms with E-state index in [2.05, 4.69) is 10.0 Å². The van der Waals surface area contributed by atoms with Crippen molar-refractivity contribution in [2.75, 3.05) is 41.4 Å². The third-order valence-electron chi connectivity index (χ3n) is 4.98. The van der Waals surface area contributed by atoms with Gasteiger partial charge in [0.25, 0.3) is 10.0 Å². The van der Waals surface area contributed by atoms with Gasteiger partial charge in [0.05, 0.1) is 36.7 Å². The molecule has 0 fully saturated rings. The van der Waals surface area contributed by atoms with Gasteiger partial charge in [-0.15, -0.1) is 0 Å². The number of sulfonamides is 2. The highest BCUT2D eigenvalue weighted by molar-refractivity contribution is 7.92. The third kappa shape index (κ3) is 6.86. The first-order valence-corrected chi connectivity index (χ1v) is 13.7. The van der Waals surface area contributed by atoms with Crippen LogP contribution < -0.4 is 23.8 Å². The van der Waals surface area contributed by atoms with Crippen LogP contribution in [0.25, 0.3) is 0 Å². The summed E-state index contributed by atoms with van der Waals surface area (Å²) in [6, 6.07) is 12.1. The van der Waals surface area contributed by atoms with E-state index in [-0.39, 0.29) is 27.7 Å². The Bertz CT molecular complexity index is 1510. The molecule has 0 aromatic heterocycles. The van der Waals surface area contributed by atoms with Crippen molar-refractivity contribution in [2.45, 2.75) is 4.90 Å². The molecule has 0 spiro atoms. The van der Waals surface area contributed by atoms with E-state index in [0.717, 1.165) is 18.4 Å². The number of hydrogen-bond acceptors (Lipinski definition) is 7. The Hall–Kier alpha value is -3.91. The topological polar surface area (TPSA) is 131 Å². The minimum absolute atomic E-state index is 0.122. The van der Waals surface area contributed by atoms with Crippen LogP contribution in [0.15, 0.2) is 65.6 Å². The quantitative estimate of drug-likeness (QED) is 0.393. The zero-order valence-electron chi connectivity index (χ0n) is 19.9. The van der Waals surface area contributed by atoms with Gasteiger partial charge in [0.15, 0.2) is 11.6 Å². The van der Waals surface area contributed by atoms with Gasteiger partial charge >= 0.3 is 0 Å². The van der Waals surface area contributed by atoms with Crippen LogP contribution in [-0.2, 0) is 24.8 Å². The Labute approximate surface area is 212 Å². The van der Waals surface area contributed by atoms with E-state index < -0.39 is 44.1 Å². The summed E-state index contributed by atoms with van der Waals surface area (Å²) in [4.78, 5) is 12.4. The molecule has 3 rings (SSSR count). The van der Waals surface area contributed by atoms with Gasteiger partial charge in [0.1, 0.15) is 18.0 Å². The van der Waals surface area contributed by atoms with E-state index >= 15 is 0 Å². The van der Waals surface area contributed by atoms with Crippen LogP contribution in [-0.4, -0.2) is 49.8 Å². The smallest absolute Gasteiger partial charge is 0.262 e. The fraction of sp³-hybridized carbons (Fsp3) is 0.174. The highest BCUT2D eigenvalue weighted by atomic mass is 32.2. The molecule has 0 aliphatic heterocycles. The van der Waals surface area contributed by atoms with Gasteiger partial charge < -0.3 is 14.8 Å². The molecule has 0 atom stereocenters. The molecule has 0 heterocycles. The predicted octanol–water partition coefficient (Wildman–Crippen LogP) is 3.19. The monoisotopic (exact) mass is 555 g/mol. The summed E-state index contributed by atoms with van der Waals surface area (Å²) >= 11 is 0. The van der Waals surface area contributed by atoms with E-state index in [1.807, 2.05) is 0 Å². The van der Waals surface area contributed by atoms with Crippen molar-refractivity contribution in [3.63, 3.8) is 0 Å². The molecule has 0 saturated heterocycles. The number of methoxy groups -OCH3 is 2. The number of nitrogens with one attached hydrogen (secondary N) is 2. The molecule has 14 heteroatoms. The van der Waals surface area contributed by atoms with Gasteiger partial charge in [0, 0.05) is 17.8 Å². The number of nitrogens with zero attached hydrogens (tertiary/aromatic N) is 1. The number of carbonyl (C=O) groups is 1. The van der Waals surface area contributed by atoms with Gasteiger partial charge in [-0.05, 0) is 48.5 Å². The maximum absolute atomic E-state index is 13.6. The zero-order chi connectivity index (χ0) is 27.4. The van der Waals surface area contributed by atoms with Crippen molar-refractivity contribution in [3.05, 3.63) is 72.3 Å². The average molecular weight is 556 g/mol. The lowest BCUT2D eigenvalue weighted by Crippen LogP contribution is -2.37. The van der Waals surface area contributed by atoms with Crippen molar-refractivity contribution in [3.8, 4) is 11.5 Å². The fourth-order valence-corrected chi connectivity index (χ4v) is 5.09. The molecule has 0 unspecified atom stereocenters. The summed E-state index contributed by atoms with van der Waals surface area (Å²) in [7, 11) is -5.22. The second-order valence-electron chi connectivity index (χ2n) is 7.61. The molecule has 0 radical (unpaired) electrons. The van der Waals surface area contributed by atoms with E-state index in [4.69, 9.17) is 9.47 Å². The minimum atomic E-state index is -4.03. The summed E-state index contributed by atoms with van der Waals surface area (Å²) in [5.74, 6) is -2.53. The van der Waals surface area contributed by atoms with Crippen molar-refractivity contribution < 1.29 is 39.9 Å². The Balaban J connectivity index is 1.74. The maximum Gasteiger partial charge on any atom is 0.262 e. The summed E-state index contributed by atoms with van der Waals surface area (Å²) in [6.07, 6.45) is 0.812. The van der Waals surface area contributed by atoms with Gasteiger partial charge in [-0.2, -0.15) is 0 Å². The Kier molecular flexibility index (Phi) is 8.23. The molecule has 0 aliphatic rings. The summed E-state index contributed by atoms with van der Waals surface area (Å²) < 4.78 is 90.0. The van der Waals surface area contributed by atoms with Crippen molar-refractivity contribution in [1.82, 2.24) is 0 Å². The van der Waals surface area contributed by atoms with Gasteiger partial charge in [0.2, 0.25) is 15.9 Å². The largest absolute Gasteiger partial charge is 0.497 e. The Morgan fingerprint density at radius 2 is 1.57 bits per heavy atom. The molecule has 1 amide bonds. The van der Waals surface area contributed by atoms with Crippen LogP contribution in [0.1, 0.15) is 0 Å². The molecule has 3 aromatic rings. The zero-order valence-corrected chi connectivity index (χ0v) is 21.5. The molecule has 37 heavy (non-hydrogen) atoms. The molecule has 0 bridgehead atoms. The summed E-state index contributed by atoms with van der Waals surface area (Å²) in [6.45, 7) is -0.733. The predicted molar refractivity (Wildman–Crippen MR) is 134 cm³/mol. The Morgan fingerprint density at radius 1 is 0.892 bits per heavy atom. The van der Waals surface area contributed by atoms with Crippen LogP contribution in [0.5, 0.6) is 11.5 Å².